The van der Waals surface area contributed by atoms with Crippen molar-refractivity contribution in [2.75, 3.05) is 18.5 Å². The van der Waals surface area contributed by atoms with Crippen LogP contribution in [-0.2, 0) is 4.74 Å². The van der Waals surface area contributed by atoms with Gasteiger partial charge >= 0.3 is 0 Å². The van der Waals surface area contributed by atoms with E-state index in [0.29, 0.717) is 18.8 Å². The first-order valence-corrected chi connectivity index (χ1v) is 5.17. The second-order valence-corrected chi connectivity index (χ2v) is 3.17. The average molecular weight is 255 g/mol. The molecule has 0 aromatic carbocycles. The van der Waals surface area contributed by atoms with E-state index in [2.05, 4.69) is 15.9 Å². The lowest BCUT2D eigenvalue weighted by Crippen LogP contribution is -1.98. The van der Waals surface area contributed by atoms with Crippen LogP contribution in [0.4, 0.5) is 0 Å². The summed E-state index contributed by atoms with van der Waals surface area (Å²) in [5.74, 6) is 0. The Morgan fingerprint density at radius 3 is 2.50 bits per heavy atom. The molecule has 0 radical (unpaired) electrons. The Kier molecular flexibility index (Phi) is 7.83. The summed E-state index contributed by atoms with van der Waals surface area (Å²) in [4.78, 5) is 0. The standard InChI is InChI=1S/C10H11BrN2O/c1-9(10(6-12)7-13)8-14-5-3-2-4-11/h2-3H,4-5,8H2,1H3/b3-2+. The van der Waals surface area contributed by atoms with Crippen LogP contribution < -0.4 is 0 Å². The van der Waals surface area contributed by atoms with E-state index in [1.54, 1.807) is 6.92 Å². The van der Waals surface area contributed by atoms with Gasteiger partial charge in [-0.2, -0.15) is 10.5 Å². The molecule has 0 fully saturated rings. The summed E-state index contributed by atoms with van der Waals surface area (Å²) in [6.45, 7) is 2.53. The quantitative estimate of drug-likeness (QED) is 0.328. The van der Waals surface area contributed by atoms with Crippen LogP contribution in [0.15, 0.2) is 23.3 Å². The van der Waals surface area contributed by atoms with Crippen LogP contribution in [0.1, 0.15) is 6.92 Å². The minimum absolute atomic E-state index is 0.134. The second-order valence-electron chi connectivity index (χ2n) is 2.52. The summed E-state index contributed by atoms with van der Waals surface area (Å²) < 4.78 is 5.21. The fourth-order valence-electron chi connectivity index (χ4n) is 0.699. The van der Waals surface area contributed by atoms with Crippen molar-refractivity contribution in [1.29, 1.82) is 10.5 Å². The van der Waals surface area contributed by atoms with E-state index in [1.165, 1.54) is 0 Å². The molecule has 0 N–H and O–H groups in total. The van der Waals surface area contributed by atoms with Gasteiger partial charge in [-0.05, 0) is 12.5 Å². The summed E-state index contributed by atoms with van der Waals surface area (Å²) in [6.07, 6.45) is 3.80. The highest BCUT2D eigenvalue weighted by atomic mass is 79.9. The van der Waals surface area contributed by atoms with Crippen molar-refractivity contribution in [1.82, 2.24) is 0 Å². The Morgan fingerprint density at radius 1 is 1.36 bits per heavy atom. The van der Waals surface area contributed by atoms with Crippen molar-refractivity contribution in [3.63, 3.8) is 0 Å². The minimum atomic E-state index is 0.134. The van der Waals surface area contributed by atoms with Crippen molar-refractivity contribution in [2.45, 2.75) is 6.92 Å². The molecule has 0 saturated carbocycles. The molecule has 4 heteroatoms. The van der Waals surface area contributed by atoms with E-state index in [4.69, 9.17) is 15.3 Å². The number of nitrogens with zero attached hydrogens (tertiary/aromatic N) is 2. The van der Waals surface area contributed by atoms with Crippen LogP contribution in [0.2, 0.25) is 0 Å². The predicted octanol–water partition coefficient (Wildman–Crippen LogP) is 2.32. The third-order valence-electron chi connectivity index (χ3n) is 1.44. The second kappa shape index (κ2) is 8.50. The lowest BCUT2D eigenvalue weighted by atomic mass is 10.2. The van der Waals surface area contributed by atoms with Gasteiger partial charge in [0.15, 0.2) is 0 Å². The summed E-state index contributed by atoms with van der Waals surface area (Å²) in [7, 11) is 0. The zero-order chi connectivity index (χ0) is 10.8. The summed E-state index contributed by atoms with van der Waals surface area (Å²) >= 11 is 3.24. The van der Waals surface area contributed by atoms with E-state index in [0.717, 1.165) is 5.33 Å². The molecule has 0 rings (SSSR count). The maximum atomic E-state index is 8.53. The molecule has 0 aliphatic rings. The SMILES string of the molecule is CC(COC/C=C/CBr)=C(C#N)C#N. The van der Waals surface area contributed by atoms with Crippen LogP contribution in [-0.4, -0.2) is 18.5 Å². The number of hydrogen-bond donors (Lipinski definition) is 0. The Balaban J connectivity index is 3.92. The summed E-state index contributed by atoms with van der Waals surface area (Å²) in [5, 5.41) is 17.9. The molecule has 0 bridgehead atoms. The minimum Gasteiger partial charge on any atom is -0.373 e. The van der Waals surface area contributed by atoms with Gasteiger partial charge in [-0.1, -0.05) is 28.1 Å². The van der Waals surface area contributed by atoms with Crippen molar-refractivity contribution in [3.05, 3.63) is 23.3 Å². The lowest BCUT2D eigenvalue weighted by Gasteiger charge is -2.00. The lowest BCUT2D eigenvalue weighted by molar-refractivity contribution is 0.186. The Hall–Kier alpha value is -1.10. The molecule has 3 nitrogen and oxygen atoms in total. The normalized spacial score (nSPS) is 9.43. The Morgan fingerprint density at radius 2 is 2.00 bits per heavy atom. The van der Waals surface area contributed by atoms with Crippen molar-refractivity contribution >= 4 is 15.9 Å². The van der Waals surface area contributed by atoms with Gasteiger partial charge in [0.25, 0.3) is 0 Å². The van der Waals surface area contributed by atoms with Gasteiger partial charge in [-0.25, -0.2) is 0 Å². The molecule has 0 amide bonds. The zero-order valence-corrected chi connectivity index (χ0v) is 9.54. The third-order valence-corrected chi connectivity index (χ3v) is 1.81. The van der Waals surface area contributed by atoms with Crippen molar-refractivity contribution < 1.29 is 4.74 Å². The number of ether oxygens (including phenoxy) is 1. The maximum absolute atomic E-state index is 8.53. The molecule has 0 aliphatic carbocycles. The van der Waals surface area contributed by atoms with E-state index in [-0.39, 0.29) is 5.57 Å². The number of alkyl halides is 1. The van der Waals surface area contributed by atoms with Gasteiger partial charge in [-0.15, -0.1) is 0 Å². The number of rotatable bonds is 5. The van der Waals surface area contributed by atoms with Crippen LogP contribution in [0.5, 0.6) is 0 Å². The first-order valence-electron chi connectivity index (χ1n) is 4.05. The van der Waals surface area contributed by atoms with Gasteiger partial charge in [0.1, 0.15) is 17.7 Å². The van der Waals surface area contributed by atoms with Gasteiger partial charge in [0.2, 0.25) is 0 Å². The largest absolute Gasteiger partial charge is 0.373 e. The van der Waals surface area contributed by atoms with Gasteiger partial charge < -0.3 is 4.74 Å². The molecule has 14 heavy (non-hydrogen) atoms. The molecule has 0 spiro atoms. The number of allylic oxidation sites excluding steroid dienone is 2. The first-order chi connectivity index (χ1) is 6.76. The fourth-order valence-corrected chi connectivity index (χ4v) is 0.963. The highest BCUT2D eigenvalue weighted by molar-refractivity contribution is 9.09. The third kappa shape index (κ3) is 5.53. The molecule has 0 saturated heterocycles. The van der Waals surface area contributed by atoms with E-state index < -0.39 is 0 Å². The van der Waals surface area contributed by atoms with Gasteiger partial charge in [0, 0.05) is 5.33 Å². The van der Waals surface area contributed by atoms with E-state index in [1.807, 2.05) is 24.3 Å². The van der Waals surface area contributed by atoms with Crippen LogP contribution in [0, 0.1) is 22.7 Å². The van der Waals surface area contributed by atoms with Gasteiger partial charge in [0.05, 0.1) is 13.2 Å². The number of nitriles is 2. The van der Waals surface area contributed by atoms with Crippen LogP contribution in [0.3, 0.4) is 0 Å². The van der Waals surface area contributed by atoms with Gasteiger partial charge in [-0.3, -0.25) is 0 Å². The molecule has 0 atom stereocenters. The molecule has 0 aliphatic heterocycles. The molecular weight excluding hydrogens is 244 g/mol. The molecule has 0 aromatic heterocycles. The fraction of sp³-hybridized carbons (Fsp3) is 0.400. The molecule has 0 unspecified atom stereocenters. The topological polar surface area (TPSA) is 56.8 Å². The molecular formula is C10H11BrN2O. The number of hydrogen-bond acceptors (Lipinski definition) is 3. The monoisotopic (exact) mass is 254 g/mol. The highest BCUT2D eigenvalue weighted by Crippen LogP contribution is 2.02. The maximum Gasteiger partial charge on any atom is 0.130 e. The van der Waals surface area contributed by atoms with Crippen LogP contribution >= 0.6 is 15.9 Å². The van der Waals surface area contributed by atoms with Crippen molar-refractivity contribution in [3.8, 4) is 12.1 Å². The number of halogens is 1. The highest BCUT2D eigenvalue weighted by Gasteiger charge is 1.99. The average Bonchev–Trinajstić information content (AvgIpc) is 2.19. The smallest absolute Gasteiger partial charge is 0.130 e. The van der Waals surface area contributed by atoms with Crippen LogP contribution in [0.25, 0.3) is 0 Å². The summed E-state index contributed by atoms with van der Waals surface area (Å²) in [6, 6.07) is 3.63. The Bertz CT molecular complexity index is 291. The Labute approximate surface area is 92.4 Å². The zero-order valence-electron chi connectivity index (χ0n) is 7.96. The first kappa shape index (κ1) is 12.9. The molecule has 74 valence electrons. The van der Waals surface area contributed by atoms with E-state index in [9.17, 15) is 0 Å². The molecule has 0 heterocycles. The predicted molar refractivity (Wildman–Crippen MR) is 57.7 cm³/mol. The summed E-state index contributed by atoms with van der Waals surface area (Å²) in [5.41, 5.74) is 0.803. The van der Waals surface area contributed by atoms with Crippen molar-refractivity contribution in [2.24, 2.45) is 0 Å². The molecule has 0 aromatic rings. The van der Waals surface area contributed by atoms with E-state index >= 15 is 0 Å².